The standard InChI is InChI=1S/C28H27N3O2Se/c1-15-6-7-20-19(12-15)30-25(34-20)21-17(14-29)16-13-18-23-22(24(16)33-26(21)32)28(4,5)9-11-31(23)10-8-27(18,2)3/h6-7,12-13H,8-11H2,1-5H3. The van der Waals surface area contributed by atoms with E-state index in [1.165, 1.54) is 11.3 Å². The molecule has 0 N–H and O–H groups in total. The molecule has 4 aromatic rings. The average Bonchev–Trinajstić information content (AvgIpc) is 3.18. The molecule has 0 radical (unpaired) electrons. The van der Waals surface area contributed by atoms with Crippen LogP contribution in [0.3, 0.4) is 0 Å². The quantitative estimate of drug-likeness (QED) is 0.250. The summed E-state index contributed by atoms with van der Waals surface area (Å²) in [6, 6.07) is 10.7. The molecule has 0 saturated carbocycles. The van der Waals surface area contributed by atoms with E-state index in [9.17, 15) is 10.1 Å². The van der Waals surface area contributed by atoms with Gasteiger partial charge in [0.05, 0.1) is 0 Å². The second-order valence-corrected chi connectivity index (χ2v) is 13.2. The van der Waals surface area contributed by atoms with Crippen LogP contribution in [-0.2, 0) is 10.8 Å². The molecule has 2 aliphatic rings. The second-order valence-electron chi connectivity index (χ2n) is 11.0. The number of anilines is 1. The van der Waals surface area contributed by atoms with Gasteiger partial charge in [-0.05, 0) is 0 Å². The Balaban J connectivity index is 1.74. The van der Waals surface area contributed by atoms with Crippen molar-refractivity contribution < 1.29 is 4.42 Å². The fourth-order valence-corrected chi connectivity index (χ4v) is 7.74. The molecule has 0 unspecified atom stereocenters. The van der Waals surface area contributed by atoms with Crippen molar-refractivity contribution in [2.75, 3.05) is 18.0 Å². The van der Waals surface area contributed by atoms with Crippen LogP contribution in [0, 0.1) is 18.3 Å². The van der Waals surface area contributed by atoms with Gasteiger partial charge < -0.3 is 0 Å². The maximum atomic E-state index is 13.5. The molecular formula is C28H27N3O2Se. The topological polar surface area (TPSA) is 70.1 Å². The van der Waals surface area contributed by atoms with Crippen LogP contribution in [0.5, 0.6) is 0 Å². The van der Waals surface area contributed by atoms with Crippen LogP contribution in [0.1, 0.15) is 62.8 Å². The molecule has 2 aromatic carbocycles. The van der Waals surface area contributed by atoms with Crippen LogP contribution in [0.4, 0.5) is 5.69 Å². The Morgan fingerprint density at radius 2 is 1.85 bits per heavy atom. The van der Waals surface area contributed by atoms with Gasteiger partial charge in [-0.3, -0.25) is 0 Å². The molecule has 6 rings (SSSR count). The molecule has 0 saturated heterocycles. The van der Waals surface area contributed by atoms with Crippen molar-refractivity contribution >= 4 is 40.9 Å². The zero-order valence-electron chi connectivity index (χ0n) is 20.2. The summed E-state index contributed by atoms with van der Waals surface area (Å²) >= 11 is -0.144. The van der Waals surface area contributed by atoms with Crippen molar-refractivity contribution in [2.45, 2.75) is 58.3 Å². The third-order valence-corrected chi connectivity index (χ3v) is 9.99. The summed E-state index contributed by atoms with van der Waals surface area (Å²) in [4.78, 5) is 20.7. The molecule has 0 fully saturated rings. The number of hydrogen-bond acceptors (Lipinski definition) is 5. The fraction of sp³-hybridized carbons (Fsp3) is 0.393. The number of aryl methyl sites for hydroxylation is 1. The van der Waals surface area contributed by atoms with Gasteiger partial charge in [-0.1, -0.05) is 0 Å². The Labute approximate surface area is 204 Å². The zero-order chi connectivity index (χ0) is 24.0. The Morgan fingerprint density at radius 1 is 1.12 bits per heavy atom. The van der Waals surface area contributed by atoms with Crippen molar-refractivity contribution in [1.29, 1.82) is 5.26 Å². The van der Waals surface area contributed by atoms with Gasteiger partial charge in [-0.25, -0.2) is 0 Å². The fourth-order valence-electron chi connectivity index (χ4n) is 5.68. The summed E-state index contributed by atoms with van der Waals surface area (Å²) in [6.07, 6.45) is 2.04. The summed E-state index contributed by atoms with van der Waals surface area (Å²) in [6.45, 7) is 13.0. The van der Waals surface area contributed by atoms with Crippen molar-refractivity contribution in [2.24, 2.45) is 0 Å². The molecule has 0 aliphatic carbocycles. The summed E-state index contributed by atoms with van der Waals surface area (Å²) < 4.78 is 7.96. The van der Waals surface area contributed by atoms with Crippen LogP contribution in [0.25, 0.3) is 30.9 Å². The molecule has 172 valence electrons. The minimum atomic E-state index is -0.451. The zero-order valence-corrected chi connectivity index (χ0v) is 21.9. The Kier molecular flexibility index (Phi) is 4.50. The molecule has 34 heavy (non-hydrogen) atoms. The normalized spacial score (nSPS) is 18.2. The molecule has 0 spiro atoms. The molecule has 2 aromatic heterocycles. The number of benzene rings is 2. The van der Waals surface area contributed by atoms with E-state index in [0.717, 1.165) is 52.2 Å². The van der Waals surface area contributed by atoms with E-state index < -0.39 is 5.63 Å². The van der Waals surface area contributed by atoms with Crippen molar-refractivity contribution in [3.63, 3.8) is 0 Å². The second kappa shape index (κ2) is 7.07. The number of aromatic nitrogens is 1. The molecule has 2 aliphatic heterocycles. The van der Waals surface area contributed by atoms with Crippen LogP contribution >= 0.6 is 0 Å². The Bertz CT molecular complexity index is 1620. The van der Waals surface area contributed by atoms with Gasteiger partial charge in [0.2, 0.25) is 0 Å². The summed E-state index contributed by atoms with van der Waals surface area (Å²) in [7, 11) is 0. The molecule has 6 heteroatoms. The van der Waals surface area contributed by atoms with E-state index in [1.807, 2.05) is 13.0 Å². The Morgan fingerprint density at radius 3 is 2.59 bits per heavy atom. The minimum absolute atomic E-state index is 0.0200. The van der Waals surface area contributed by atoms with Gasteiger partial charge in [-0.2, -0.15) is 0 Å². The number of nitrogens with zero attached hydrogens (tertiary/aromatic N) is 3. The monoisotopic (exact) mass is 517 g/mol. The first-order chi connectivity index (χ1) is 16.1. The van der Waals surface area contributed by atoms with Gasteiger partial charge in [0.15, 0.2) is 0 Å². The van der Waals surface area contributed by atoms with E-state index in [-0.39, 0.29) is 25.3 Å². The van der Waals surface area contributed by atoms with Crippen LogP contribution < -0.4 is 10.5 Å². The predicted octanol–water partition coefficient (Wildman–Crippen LogP) is 5.41. The number of nitriles is 1. The first kappa shape index (κ1) is 21.6. The average molecular weight is 517 g/mol. The summed E-state index contributed by atoms with van der Waals surface area (Å²) in [5, 5.41) is 11.1. The van der Waals surface area contributed by atoms with E-state index in [2.05, 4.69) is 56.9 Å². The number of rotatable bonds is 1. The molecule has 0 bridgehead atoms. The summed E-state index contributed by atoms with van der Waals surface area (Å²) in [5.41, 5.74) is 6.28. The van der Waals surface area contributed by atoms with Gasteiger partial charge in [0.1, 0.15) is 0 Å². The molecule has 4 heterocycles. The van der Waals surface area contributed by atoms with Crippen molar-refractivity contribution in [3.8, 4) is 16.2 Å². The van der Waals surface area contributed by atoms with Gasteiger partial charge in [-0.15, -0.1) is 0 Å². The van der Waals surface area contributed by atoms with E-state index >= 15 is 0 Å². The first-order valence-corrected chi connectivity index (χ1v) is 13.5. The predicted molar refractivity (Wildman–Crippen MR) is 137 cm³/mol. The molecule has 5 nitrogen and oxygen atoms in total. The van der Waals surface area contributed by atoms with Gasteiger partial charge in [0, 0.05) is 0 Å². The van der Waals surface area contributed by atoms with Gasteiger partial charge >= 0.3 is 205 Å². The van der Waals surface area contributed by atoms with E-state index in [4.69, 9.17) is 9.40 Å². The number of hydrogen-bond donors (Lipinski definition) is 0. The number of fused-ring (bicyclic) bond motifs is 3. The van der Waals surface area contributed by atoms with E-state index in [1.54, 1.807) is 0 Å². The molecule has 0 amide bonds. The first-order valence-electron chi connectivity index (χ1n) is 11.8. The van der Waals surface area contributed by atoms with Crippen LogP contribution in [0.2, 0.25) is 0 Å². The van der Waals surface area contributed by atoms with E-state index in [0.29, 0.717) is 21.3 Å². The molecule has 0 atom stereocenters. The maximum absolute atomic E-state index is 13.5. The van der Waals surface area contributed by atoms with Crippen LogP contribution in [-0.4, -0.2) is 32.6 Å². The summed E-state index contributed by atoms with van der Waals surface area (Å²) in [5.74, 6) is 0. The SMILES string of the molecule is Cc1ccc2[se]c(-c3c(C#N)c4cc5c6c(c4oc3=O)C(C)(C)CCN6CCC5(C)C)nc2c1. The van der Waals surface area contributed by atoms with Crippen molar-refractivity contribution in [1.82, 2.24) is 4.98 Å². The third kappa shape index (κ3) is 2.97. The Hall–Kier alpha value is -2.87. The van der Waals surface area contributed by atoms with Crippen molar-refractivity contribution in [3.05, 3.63) is 56.9 Å². The third-order valence-electron chi connectivity index (χ3n) is 7.77. The van der Waals surface area contributed by atoms with Gasteiger partial charge in [0.25, 0.3) is 0 Å². The molecular weight excluding hydrogens is 489 g/mol. The van der Waals surface area contributed by atoms with Crippen LogP contribution in [0.15, 0.2) is 33.5 Å².